The summed E-state index contributed by atoms with van der Waals surface area (Å²) < 4.78 is 27.1. The molecule has 1 amide bonds. The summed E-state index contributed by atoms with van der Waals surface area (Å²) in [6.07, 6.45) is 6.32. The van der Waals surface area contributed by atoms with E-state index in [2.05, 4.69) is 17.3 Å². The molecule has 2 aliphatic heterocycles. The van der Waals surface area contributed by atoms with E-state index in [9.17, 15) is 13.2 Å². The van der Waals surface area contributed by atoms with Gasteiger partial charge in [-0.15, -0.1) is 0 Å². The molecule has 2 aliphatic rings. The molecule has 0 aliphatic carbocycles. The molecule has 2 saturated heterocycles. The van der Waals surface area contributed by atoms with Crippen LogP contribution in [0.25, 0.3) is 0 Å². The molecule has 0 unspecified atom stereocenters. The number of carbonyl (C=O) groups is 1. The number of hydrogen-bond donors (Lipinski definition) is 1. The molecular formula is C23H37N3O3S. The summed E-state index contributed by atoms with van der Waals surface area (Å²) in [5.74, 6) is 0.633. The fourth-order valence-electron chi connectivity index (χ4n) is 4.54. The number of amides is 1. The van der Waals surface area contributed by atoms with Crippen LogP contribution < -0.4 is 5.32 Å². The molecule has 1 atom stereocenters. The number of likely N-dealkylation sites (tertiary alicyclic amines) is 1. The third-order valence-electron chi connectivity index (χ3n) is 6.55. The Morgan fingerprint density at radius 1 is 1.10 bits per heavy atom. The molecule has 30 heavy (non-hydrogen) atoms. The first-order valence-electron chi connectivity index (χ1n) is 11.4. The van der Waals surface area contributed by atoms with Gasteiger partial charge in [0.2, 0.25) is 15.9 Å². The van der Waals surface area contributed by atoms with Crippen molar-refractivity contribution in [2.75, 3.05) is 45.5 Å². The van der Waals surface area contributed by atoms with Gasteiger partial charge in [-0.25, -0.2) is 12.7 Å². The molecule has 7 heteroatoms. The number of nitrogens with one attached hydrogen (secondary N) is 1. The van der Waals surface area contributed by atoms with Crippen molar-refractivity contribution in [3.63, 3.8) is 0 Å². The van der Waals surface area contributed by atoms with Crippen molar-refractivity contribution < 1.29 is 13.2 Å². The second-order valence-corrected chi connectivity index (χ2v) is 11.0. The fraction of sp³-hybridized carbons (Fsp3) is 0.696. The number of piperidine rings is 2. The Balaban J connectivity index is 1.40. The van der Waals surface area contributed by atoms with Crippen molar-refractivity contribution in [3.05, 3.63) is 35.9 Å². The topological polar surface area (TPSA) is 69.7 Å². The van der Waals surface area contributed by atoms with E-state index in [1.54, 1.807) is 4.31 Å². The Bertz CT molecular complexity index is 761. The van der Waals surface area contributed by atoms with Gasteiger partial charge >= 0.3 is 0 Å². The Labute approximate surface area is 182 Å². The molecule has 1 aromatic carbocycles. The first kappa shape index (κ1) is 23.2. The zero-order valence-corrected chi connectivity index (χ0v) is 19.1. The van der Waals surface area contributed by atoms with Crippen LogP contribution >= 0.6 is 0 Å². The second-order valence-electron chi connectivity index (χ2n) is 8.93. The first-order chi connectivity index (χ1) is 14.4. The average Bonchev–Trinajstić information content (AvgIpc) is 2.76. The van der Waals surface area contributed by atoms with Crippen LogP contribution in [0, 0.1) is 11.8 Å². The van der Waals surface area contributed by atoms with E-state index in [0.29, 0.717) is 32.0 Å². The second kappa shape index (κ2) is 11.3. The van der Waals surface area contributed by atoms with E-state index in [1.807, 2.05) is 30.3 Å². The summed E-state index contributed by atoms with van der Waals surface area (Å²) >= 11 is 0. The van der Waals surface area contributed by atoms with Crippen LogP contribution in [-0.4, -0.2) is 69.1 Å². The molecule has 2 fully saturated rings. The van der Waals surface area contributed by atoms with Crippen LogP contribution in [0.5, 0.6) is 0 Å². The van der Waals surface area contributed by atoms with Gasteiger partial charge in [-0.2, -0.15) is 0 Å². The summed E-state index contributed by atoms with van der Waals surface area (Å²) in [6, 6.07) is 9.97. The van der Waals surface area contributed by atoms with Crippen LogP contribution in [0.3, 0.4) is 0 Å². The fourth-order valence-corrected chi connectivity index (χ4v) is 6.12. The van der Waals surface area contributed by atoms with Gasteiger partial charge < -0.3 is 10.2 Å². The first-order valence-corrected chi connectivity index (χ1v) is 13.0. The quantitative estimate of drug-likeness (QED) is 0.647. The molecule has 6 nitrogen and oxygen atoms in total. The molecule has 0 spiro atoms. The highest BCUT2D eigenvalue weighted by Gasteiger charge is 2.32. The smallest absolute Gasteiger partial charge is 0.224 e. The summed E-state index contributed by atoms with van der Waals surface area (Å²) in [5, 5.41) is 3.07. The summed E-state index contributed by atoms with van der Waals surface area (Å²) in [6.45, 7) is 3.84. The van der Waals surface area contributed by atoms with Crippen LogP contribution in [0.2, 0.25) is 0 Å². The lowest BCUT2D eigenvalue weighted by Gasteiger charge is -2.32. The third kappa shape index (κ3) is 7.06. The highest BCUT2D eigenvalue weighted by Crippen LogP contribution is 2.22. The lowest BCUT2D eigenvalue weighted by molar-refractivity contribution is -0.126. The van der Waals surface area contributed by atoms with E-state index in [0.717, 1.165) is 44.3 Å². The van der Waals surface area contributed by atoms with E-state index in [1.165, 1.54) is 12.8 Å². The minimum atomic E-state index is -3.31. The SMILES string of the molecule is CN1CCC(CCNC(=O)[C@H]2CCCN(S(=O)(=O)CCCc3ccccc3)C2)CC1. The van der Waals surface area contributed by atoms with E-state index in [-0.39, 0.29) is 17.6 Å². The van der Waals surface area contributed by atoms with Gasteiger partial charge in [-0.05, 0) is 76.6 Å². The van der Waals surface area contributed by atoms with Gasteiger partial charge in [0.25, 0.3) is 0 Å². The highest BCUT2D eigenvalue weighted by molar-refractivity contribution is 7.89. The van der Waals surface area contributed by atoms with Gasteiger partial charge in [0.05, 0.1) is 11.7 Å². The molecule has 2 heterocycles. The summed E-state index contributed by atoms with van der Waals surface area (Å²) in [4.78, 5) is 15.0. The predicted octanol–water partition coefficient (Wildman–Crippen LogP) is 2.51. The van der Waals surface area contributed by atoms with Gasteiger partial charge in [0.1, 0.15) is 0 Å². The minimum Gasteiger partial charge on any atom is -0.356 e. The number of aryl methyl sites for hydroxylation is 1. The number of hydrogen-bond acceptors (Lipinski definition) is 4. The van der Waals surface area contributed by atoms with Crippen molar-refractivity contribution in [3.8, 4) is 0 Å². The van der Waals surface area contributed by atoms with Crippen LogP contribution in [0.15, 0.2) is 30.3 Å². The maximum Gasteiger partial charge on any atom is 0.224 e. The van der Waals surface area contributed by atoms with Crippen molar-refractivity contribution in [1.29, 1.82) is 0 Å². The lowest BCUT2D eigenvalue weighted by atomic mass is 9.93. The zero-order valence-electron chi connectivity index (χ0n) is 18.3. The van der Waals surface area contributed by atoms with E-state index >= 15 is 0 Å². The number of nitrogens with zero attached hydrogens (tertiary/aromatic N) is 2. The predicted molar refractivity (Wildman–Crippen MR) is 121 cm³/mol. The monoisotopic (exact) mass is 435 g/mol. The molecule has 1 aromatic rings. The molecule has 168 valence electrons. The zero-order chi connectivity index (χ0) is 21.4. The van der Waals surface area contributed by atoms with Crippen LogP contribution in [-0.2, 0) is 21.2 Å². The molecule has 1 N–H and O–H groups in total. The molecule has 0 bridgehead atoms. The summed E-state index contributed by atoms with van der Waals surface area (Å²) in [7, 11) is -1.16. The van der Waals surface area contributed by atoms with Gasteiger partial charge in [0, 0.05) is 19.6 Å². The standard InChI is InChI=1S/C23H37N3O3S/c1-25-16-12-21(13-17-25)11-14-24-23(27)22-10-5-15-26(19-22)30(28,29)18-6-9-20-7-3-2-4-8-20/h2-4,7-8,21-22H,5-6,9-19H2,1H3,(H,24,27)/t22-/m0/s1. The molecular weight excluding hydrogens is 398 g/mol. The van der Waals surface area contributed by atoms with Crippen molar-refractivity contribution in [2.24, 2.45) is 11.8 Å². The van der Waals surface area contributed by atoms with Crippen molar-refractivity contribution >= 4 is 15.9 Å². The maximum atomic E-state index is 12.8. The maximum absolute atomic E-state index is 12.8. The molecule has 0 radical (unpaired) electrons. The van der Waals surface area contributed by atoms with Crippen molar-refractivity contribution in [2.45, 2.75) is 44.9 Å². The Morgan fingerprint density at radius 3 is 2.57 bits per heavy atom. The number of rotatable bonds is 9. The Morgan fingerprint density at radius 2 is 1.83 bits per heavy atom. The lowest BCUT2D eigenvalue weighted by Crippen LogP contribution is -2.46. The Kier molecular flexibility index (Phi) is 8.72. The van der Waals surface area contributed by atoms with Crippen LogP contribution in [0.4, 0.5) is 0 Å². The third-order valence-corrected chi connectivity index (χ3v) is 8.47. The van der Waals surface area contributed by atoms with E-state index in [4.69, 9.17) is 0 Å². The molecule has 0 aromatic heterocycles. The minimum absolute atomic E-state index is 0.0205. The Hall–Kier alpha value is -1.44. The number of sulfonamides is 1. The number of benzene rings is 1. The highest BCUT2D eigenvalue weighted by atomic mass is 32.2. The molecule has 0 saturated carbocycles. The van der Waals surface area contributed by atoms with E-state index < -0.39 is 10.0 Å². The molecule has 3 rings (SSSR count). The summed E-state index contributed by atoms with van der Waals surface area (Å²) in [5.41, 5.74) is 1.16. The van der Waals surface area contributed by atoms with Crippen molar-refractivity contribution in [1.82, 2.24) is 14.5 Å². The average molecular weight is 436 g/mol. The van der Waals surface area contributed by atoms with Gasteiger partial charge in [0.15, 0.2) is 0 Å². The van der Waals surface area contributed by atoms with Crippen LogP contribution in [0.1, 0.15) is 44.1 Å². The normalized spacial score (nSPS) is 22.1. The number of carbonyl (C=O) groups excluding carboxylic acids is 1. The largest absolute Gasteiger partial charge is 0.356 e. The van der Waals surface area contributed by atoms with Gasteiger partial charge in [-0.1, -0.05) is 30.3 Å². The van der Waals surface area contributed by atoms with Gasteiger partial charge in [-0.3, -0.25) is 4.79 Å².